The molecule has 1 rings (SSSR count). The molecular formula is C43H68F4N6O14. The van der Waals surface area contributed by atoms with Crippen LogP contribution >= 0.6 is 0 Å². The highest BCUT2D eigenvalue weighted by Gasteiger charge is 2.54. The molecule has 0 saturated heterocycles. The van der Waals surface area contributed by atoms with Crippen molar-refractivity contribution in [3.63, 3.8) is 0 Å². The molecular weight excluding hydrogens is 900 g/mol. The molecule has 0 spiro atoms. The molecule has 1 aromatic heterocycles. The Hall–Kier alpha value is -5.68. The van der Waals surface area contributed by atoms with E-state index in [1.807, 2.05) is 0 Å². The fraction of sp³-hybridized carbons (Fsp3) is 0.721. The number of rotatable bonds is 35. The van der Waals surface area contributed by atoms with E-state index in [4.69, 9.17) is 18.9 Å². The second-order valence-electron chi connectivity index (χ2n) is 16.0. The summed E-state index contributed by atoms with van der Waals surface area (Å²) < 4.78 is 88.6. The van der Waals surface area contributed by atoms with E-state index < -0.39 is 77.4 Å². The van der Waals surface area contributed by atoms with Crippen LogP contribution < -0.4 is 33.0 Å². The van der Waals surface area contributed by atoms with E-state index in [2.05, 4.69) is 38.6 Å². The molecule has 0 saturated carbocycles. The Morgan fingerprint density at radius 2 is 0.851 bits per heavy atom. The highest BCUT2D eigenvalue weighted by atomic mass is 19.3. The lowest BCUT2D eigenvalue weighted by Crippen LogP contribution is -2.54. The van der Waals surface area contributed by atoms with Gasteiger partial charge in [0.25, 0.3) is 0 Å². The topological polar surface area (TPSA) is 243 Å². The van der Waals surface area contributed by atoms with Crippen LogP contribution in [0.4, 0.5) is 31.9 Å². The van der Waals surface area contributed by atoms with Crippen LogP contribution in [0.2, 0.25) is 0 Å². The van der Waals surface area contributed by atoms with Crippen molar-refractivity contribution >= 4 is 30.2 Å². The highest BCUT2D eigenvalue weighted by Crippen LogP contribution is 2.39. The summed E-state index contributed by atoms with van der Waals surface area (Å²) >= 11 is 0. The summed E-state index contributed by atoms with van der Waals surface area (Å²) in [6.45, 7) is 8.93. The Kier molecular flexibility index (Phi) is 27.7. The average Bonchev–Trinajstić information content (AvgIpc) is 3.27. The quantitative estimate of drug-likeness (QED) is 0.0262. The van der Waals surface area contributed by atoms with Crippen LogP contribution in [0.25, 0.3) is 0 Å². The van der Waals surface area contributed by atoms with Crippen molar-refractivity contribution in [3.05, 3.63) is 56.8 Å². The molecule has 382 valence electrons. The van der Waals surface area contributed by atoms with Crippen LogP contribution in [-0.4, -0.2) is 114 Å². The fourth-order valence-electron chi connectivity index (χ4n) is 5.76. The number of alkyl halides is 4. The summed E-state index contributed by atoms with van der Waals surface area (Å²) in [6.07, 6.45) is 1.61. The molecule has 0 unspecified atom stereocenters. The van der Waals surface area contributed by atoms with E-state index in [0.717, 1.165) is 53.5 Å². The zero-order chi connectivity index (χ0) is 50.5. The van der Waals surface area contributed by atoms with Crippen LogP contribution in [0, 0.1) is 5.92 Å². The molecule has 0 atom stereocenters. The molecule has 0 aliphatic rings. The molecule has 0 radical (unpaired) electrons. The van der Waals surface area contributed by atoms with Gasteiger partial charge in [-0.15, -0.1) is 0 Å². The van der Waals surface area contributed by atoms with E-state index in [0.29, 0.717) is 77.0 Å². The van der Waals surface area contributed by atoms with Crippen molar-refractivity contribution in [1.82, 2.24) is 29.7 Å². The van der Waals surface area contributed by atoms with Crippen molar-refractivity contribution in [3.8, 4) is 0 Å². The van der Waals surface area contributed by atoms with E-state index in [1.54, 1.807) is 0 Å². The molecule has 0 aliphatic heterocycles. The molecule has 1 heterocycles. The van der Waals surface area contributed by atoms with Gasteiger partial charge in [0.2, 0.25) is 0 Å². The molecule has 24 heteroatoms. The van der Waals surface area contributed by atoms with Crippen LogP contribution in [-0.2, 0) is 57.6 Å². The maximum Gasteiger partial charge on any atom is 0.407 e. The number of esters is 2. The lowest BCUT2D eigenvalue weighted by atomic mass is 10.0. The molecule has 1 aromatic rings. The number of aromatic nitrogens is 3. The van der Waals surface area contributed by atoms with Crippen LogP contribution in [0.1, 0.15) is 105 Å². The van der Waals surface area contributed by atoms with Gasteiger partial charge in [0.05, 0.1) is 0 Å². The third-order valence-electron chi connectivity index (χ3n) is 9.90. The lowest BCUT2D eigenvalue weighted by molar-refractivity contribution is -0.351. The van der Waals surface area contributed by atoms with Gasteiger partial charge in [-0.2, -0.15) is 17.6 Å². The first-order chi connectivity index (χ1) is 31.6. The summed E-state index contributed by atoms with van der Waals surface area (Å²) in [6, 6.07) is 0. The SMILES string of the molecule is C=CC(=O)OCCOC(=O)NCCCCCCn1c(=O)n(CCCCCCNC(=O)OCCOC(=O)C=C)c(=O)n(CCCCCCNC(=O)OCC(F)(F)C(C)(C)OC(F)(F)C(C)C)c1=O. The number of nitrogens with zero attached hydrogens (tertiary/aromatic N) is 3. The Bertz CT molecular complexity index is 1830. The largest absolute Gasteiger partial charge is 0.459 e. The van der Waals surface area contributed by atoms with Gasteiger partial charge in [-0.3, -0.25) is 0 Å². The normalized spacial score (nSPS) is 11.7. The van der Waals surface area contributed by atoms with Gasteiger partial charge < -0.3 is 44.4 Å². The second-order valence-corrected chi connectivity index (χ2v) is 16.0. The van der Waals surface area contributed by atoms with E-state index in [1.165, 1.54) is 0 Å². The number of carbonyl (C=O) groups excluding carboxylic acids is 5. The molecule has 3 amide bonds. The molecule has 20 nitrogen and oxygen atoms in total. The Labute approximate surface area is 386 Å². The number of nitrogens with one attached hydrogen (secondary N) is 3. The number of hydrogen-bond acceptors (Lipinski definition) is 14. The van der Waals surface area contributed by atoms with Gasteiger partial charge in [0, 0.05) is 57.3 Å². The molecule has 0 aromatic carbocycles. The van der Waals surface area contributed by atoms with Crippen molar-refractivity contribution in [1.29, 1.82) is 0 Å². The van der Waals surface area contributed by atoms with Gasteiger partial charge in [-0.1, -0.05) is 65.5 Å². The minimum atomic E-state index is -3.95. The van der Waals surface area contributed by atoms with Gasteiger partial charge in [-0.05, 0) is 52.4 Å². The molecule has 3 N–H and O–H groups in total. The maximum atomic E-state index is 14.7. The van der Waals surface area contributed by atoms with E-state index in [9.17, 15) is 55.9 Å². The zero-order valence-corrected chi connectivity index (χ0v) is 39.0. The number of unbranched alkanes of at least 4 members (excludes halogenated alkanes) is 9. The summed E-state index contributed by atoms with van der Waals surface area (Å²) in [5.41, 5.74) is -4.94. The predicted octanol–water partition coefficient (Wildman–Crippen LogP) is 5.17. The van der Waals surface area contributed by atoms with Crippen LogP contribution in [0.15, 0.2) is 39.7 Å². The maximum absolute atomic E-state index is 14.7. The number of carbonyl (C=O) groups is 5. The van der Waals surface area contributed by atoms with Crippen molar-refractivity contribution < 1.29 is 70.0 Å². The first kappa shape index (κ1) is 59.3. The summed E-state index contributed by atoms with van der Waals surface area (Å²) in [5.74, 6) is -6.60. The number of alkyl carbamates (subject to hydrolysis) is 3. The average molecular weight is 969 g/mol. The van der Waals surface area contributed by atoms with Crippen molar-refractivity contribution in [2.45, 2.75) is 142 Å². The Morgan fingerprint density at radius 3 is 1.18 bits per heavy atom. The van der Waals surface area contributed by atoms with Gasteiger partial charge in [0.15, 0.2) is 6.61 Å². The molecule has 0 bridgehead atoms. The minimum Gasteiger partial charge on any atom is -0.459 e. The Morgan fingerprint density at radius 1 is 0.537 bits per heavy atom. The third kappa shape index (κ3) is 23.6. The highest BCUT2D eigenvalue weighted by molar-refractivity contribution is 5.81. The number of amides is 3. The molecule has 0 fully saturated rings. The first-order valence-corrected chi connectivity index (χ1v) is 22.3. The van der Waals surface area contributed by atoms with Gasteiger partial charge in [0.1, 0.15) is 32.0 Å². The second kappa shape index (κ2) is 31.3. The smallest absolute Gasteiger partial charge is 0.407 e. The van der Waals surface area contributed by atoms with Gasteiger partial charge >= 0.3 is 59.3 Å². The molecule has 0 aliphatic carbocycles. The fourth-order valence-corrected chi connectivity index (χ4v) is 5.76. The number of ether oxygens (including phenoxy) is 6. The van der Waals surface area contributed by atoms with E-state index in [-0.39, 0.29) is 65.7 Å². The van der Waals surface area contributed by atoms with Crippen LogP contribution in [0.5, 0.6) is 0 Å². The molecule has 67 heavy (non-hydrogen) atoms. The number of hydrogen-bond donors (Lipinski definition) is 3. The lowest BCUT2D eigenvalue weighted by Gasteiger charge is -2.37. The van der Waals surface area contributed by atoms with Crippen LogP contribution in [0.3, 0.4) is 0 Å². The Balaban J connectivity index is 2.76. The monoisotopic (exact) mass is 968 g/mol. The summed E-state index contributed by atoms with van der Waals surface area (Å²) in [7, 11) is 0. The first-order valence-electron chi connectivity index (χ1n) is 22.3. The van der Waals surface area contributed by atoms with Gasteiger partial charge in [-0.25, -0.2) is 52.1 Å². The standard InChI is InChI=1S/C43H68F4N6O14/c1-7-33(54)62-27-29-64-35(56)48-21-15-9-12-18-24-51-38(59)52(25-19-13-10-16-22-49-36(57)65-30-28-63-34(55)8-2)40(61)53(39(51)60)26-20-14-11-17-23-50-37(58)66-31-42(44,45)41(5,6)67-43(46,47)32(3)4/h7-8,32H,1-2,9-31H2,3-6H3,(H,48,56)(H,49,57)(H,50,58). The number of halogens is 4. The van der Waals surface area contributed by atoms with E-state index >= 15 is 0 Å². The van der Waals surface area contributed by atoms with Crippen molar-refractivity contribution in [2.75, 3.05) is 52.7 Å². The third-order valence-corrected chi connectivity index (χ3v) is 9.90. The minimum absolute atomic E-state index is 0.0207. The summed E-state index contributed by atoms with van der Waals surface area (Å²) in [4.78, 5) is 98.3. The predicted molar refractivity (Wildman–Crippen MR) is 235 cm³/mol. The zero-order valence-electron chi connectivity index (χ0n) is 39.0. The van der Waals surface area contributed by atoms with Crippen molar-refractivity contribution in [2.24, 2.45) is 5.92 Å². The summed E-state index contributed by atoms with van der Waals surface area (Å²) in [5, 5.41) is 7.46.